The van der Waals surface area contributed by atoms with E-state index in [-0.39, 0.29) is 26.0 Å². The summed E-state index contributed by atoms with van der Waals surface area (Å²) in [7, 11) is 0. The Morgan fingerprint density at radius 2 is 1.71 bits per heavy atom. The molecular weight excluding hydrogens is 288 g/mol. The number of hydrogen-bond acceptors (Lipinski definition) is 3. The van der Waals surface area contributed by atoms with E-state index in [1.165, 1.54) is 6.07 Å². The third-order valence-corrected chi connectivity index (χ3v) is 3.24. The fraction of sp³-hybridized carbons (Fsp3) is 0. The summed E-state index contributed by atoms with van der Waals surface area (Å²) >= 11 is 17.5. The first kappa shape index (κ1) is 12.2. The minimum absolute atomic E-state index is 0.00840. The molecule has 0 aliphatic heterocycles. The zero-order valence-corrected chi connectivity index (χ0v) is 10.3. The van der Waals surface area contributed by atoms with Crippen LogP contribution in [0.25, 0.3) is 10.9 Å². The van der Waals surface area contributed by atoms with Gasteiger partial charge in [-0.15, -0.1) is 0 Å². The second kappa shape index (κ2) is 4.22. The van der Waals surface area contributed by atoms with E-state index in [4.69, 9.17) is 34.8 Å². The number of rotatable bonds is 0. The van der Waals surface area contributed by atoms with Crippen molar-refractivity contribution in [1.82, 2.24) is 4.98 Å². The van der Waals surface area contributed by atoms with Gasteiger partial charge in [-0.25, -0.2) is 0 Å². The highest BCUT2D eigenvalue weighted by molar-refractivity contribution is 6.47. The molecule has 7 heteroatoms. The van der Waals surface area contributed by atoms with Gasteiger partial charge in [-0.2, -0.15) is 0 Å². The first-order chi connectivity index (χ1) is 7.91. The highest BCUT2D eigenvalue weighted by Crippen LogP contribution is 2.37. The molecule has 0 aliphatic rings. The molecule has 0 spiro atoms. The number of fused-ring (bicyclic) bond motifs is 1. The van der Waals surface area contributed by atoms with Gasteiger partial charge < -0.3 is 10.1 Å². The smallest absolute Gasteiger partial charge is 0.296 e. The van der Waals surface area contributed by atoms with Crippen LogP contribution in [0, 0.1) is 0 Å². The van der Waals surface area contributed by atoms with Crippen LogP contribution in [-0.4, -0.2) is 10.1 Å². The number of benzene rings is 1. The molecular formula is C10H4Cl3NO3. The van der Waals surface area contributed by atoms with Crippen molar-refractivity contribution in [2.45, 2.75) is 0 Å². The lowest BCUT2D eigenvalue weighted by atomic mass is 10.2. The number of hydrogen-bond donors (Lipinski definition) is 2. The molecule has 4 nitrogen and oxygen atoms in total. The molecule has 2 N–H and O–H groups in total. The maximum atomic E-state index is 11.3. The van der Waals surface area contributed by atoms with Crippen molar-refractivity contribution < 1.29 is 5.11 Å². The van der Waals surface area contributed by atoms with Crippen molar-refractivity contribution in [3.05, 3.63) is 47.8 Å². The zero-order valence-electron chi connectivity index (χ0n) is 8.05. The molecule has 0 radical (unpaired) electrons. The predicted octanol–water partition coefficient (Wildman–Crippen LogP) is 2.55. The van der Waals surface area contributed by atoms with E-state index in [2.05, 4.69) is 4.98 Å². The van der Waals surface area contributed by atoms with Crippen molar-refractivity contribution in [2.75, 3.05) is 0 Å². The average Bonchev–Trinajstić information content (AvgIpc) is 2.34. The molecule has 0 fully saturated rings. The fourth-order valence-electron chi connectivity index (χ4n) is 1.40. The van der Waals surface area contributed by atoms with Crippen LogP contribution in [0.15, 0.2) is 21.7 Å². The SMILES string of the molecule is O=c1cc(O)c2c(Cl)cc(Cl)c(Cl)c2[nH]c1=O. The van der Waals surface area contributed by atoms with Gasteiger partial charge in [0.25, 0.3) is 5.56 Å². The molecule has 0 atom stereocenters. The van der Waals surface area contributed by atoms with Gasteiger partial charge in [-0.3, -0.25) is 9.59 Å². The maximum Gasteiger partial charge on any atom is 0.296 e. The van der Waals surface area contributed by atoms with Crippen LogP contribution in [0.2, 0.25) is 15.1 Å². The van der Waals surface area contributed by atoms with E-state index in [9.17, 15) is 14.7 Å². The molecule has 1 aromatic carbocycles. The van der Waals surface area contributed by atoms with Crippen molar-refractivity contribution in [1.29, 1.82) is 0 Å². The Kier molecular flexibility index (Phi) is 3.03. The lowest BCUT2D eigenvalue weighted by molar-refractivity contribution is 0.481. The van der Waals surface area contributed by atoms with Crippen molar-refractivity contribution in [3.8, 4) is 5.75 Å². The number of aromatic amines is 1. The Balaban J connectivity index is 3.24. The Bertz CT molecular complexity index is 739. The molecule has 2 rings (SSSR count). The second-order valence-electron chi connectivity index (χ2n) is 3.25. The first-order valence-electron chi connectivity index (χ1n) is 4.35. The van der Waals surface area contributed by atoms with E-state index < -0.39 is 16.7 Å². The topological polar surface area (TPSA) is 70.2 Å². The van der Waals surface area contributed by atoms with Gasteiger partial charge in [-0.1, -0.05) is 34.8 Å². The summed E-state index contributed by atoms with van der Waals surface area (Å²) in [4.78, 5) is 24.8. The van der Waals surface area contributed by atoms with Gasteiger partial charge in [0.1, 0.15) is 5.75 Å². The van der Waals surface area contributed by atoms with E-state index in [0.29, 0.717) is 0 Å². The van der Waals surface area contributed by atoms with E-state index >= 15 is 0 Å². The van der Waals surface area contributed by atoms with Gasteiger partial charge in [0.2, 0.25) is 5.43 Å². The Morgan fingerprint density at radius 3 is 2.35 bits per heavy atom. The number of aromatic nitrogens is 1. The van der Waals surface area contributed by atoms with Crippen LogP contribution in [0.4, 0.5) is 0 Å². The quantitative estimate of drug-likeness (QED) is 0.579. The summed E-state index contributed by atoms with van der Waals surface area (Å²) in [6, 6.07) is 2.09. The third-order valence-electron chi connectivity index (χ3n) is 2.16. The summed E-state index contributed by atoms with van der Waals surface area (Å²) in [6.07, 6.45) is 0. The van der Waals surface area contributed by atoms with Crippen LogP contribution in [0.1, 0.15) is 0 Å². The number of H-pyrrole nitrogens is 1. The molecule has 1 heterocycles. The van der Waals surface area contributed by atoms with Crippen LogP contribution >= 0.6 is 34.8 Å². The lowest BCUT2D eigenvalue weighted by Gasteiger charge is -2.03. The predicted molar refractivity (Wildman–Crippen MR) is 67.5 cm³/mol. The monoisotopic (exact) mass is 291 g/mol. The molecule has 2 aromatic rings. The summed E-state index contributed by atoms with van der Waals surface area (Å²) in [6.45, 7) is 0. The highest BCUT2D eigenvalue weighted by atomic mass is 35.5. The van der Waals surface area contributed by atoms with Gasteiger partial charge in [0.15, 0.2) is 0 Å². The number of nitrogens with one attached hydrogen (secondary N) is 1. The van der Waals surface area contributed by atoms with Gasteiger partial charge in [-0.05, 0) is 6.07 Å². The van der Waals surface area contributed by atoms with E-state index in [1.807, 2.05) is 0 Å². The number of aromatic hydroxyl groups is 1. The van der Waals surface area contributed by atoms with Gasteiger partial charge in [0.05, 0.1) is 26.0 Å². The summed E-state index contributed by atoms with van der Waals surface area (Å²) in [5.41, 5.74) is -1.80. The molecule has 0 saturated heterocycles. The Labute approximate surface area is 109 Å². The van der Waals surface area contributed by atoms with Gasteiger partial charge in [0, 0.05) is 6.07 Å². The second-order valence-corrected chi connectivity index (χ2v) is 4.44. The molecule has 0 amide bonds. The van der Waals surface area contributed by atoms with Crippen LogP contribution in [0.5, 0.6) is 5.75 Å². The van der Waals surface area contributed by atoms with Crippen LogP contribution in [0.3, 0.4) is 0 Å². The summed E-state index contributed by atoms with van der Waals surface area (Å²) < 4.78 is 0. The fourth-order valence-corrected chi connectivity index (χ4v) is 2.16. The lowest BCUT2D eigenvalue weighted by Crippen LogP contribution is -2.22. The molecule has 0 unspecified atom stereocenters. The molecule has 0 aliphatic carbocycles. The van der Waals surface area contributed by atoms with Crippen molar-refractivity contribution >= 4 is 45.7 Å². The van der Waals surface area contributed by atoms with Crippen molar-refractivity contribution in [2.24, 2.45) is 0 Å². The average molecular weight is 293 g/mol. The highest BCUT2D eigenvalue weighted by Gasteiger charge is 2.13. The maximum absolute atomic E-state index is 11.3. The number of halogens is 3. The zero-order chi connectivity index (χ0) is 12.7. The van der Waals surface area contributed by atoms with Crippen molar-refractivity contribution in [3.63, 3.8) is 0 Å². The normalized spacial score (nSPS) is 10.8. The van der Waals surface area contributed by atoms with Crippen LogP contribution < -0.4 is 11.0 Å². The minimum atomic E-state index is -0.921. The van der Waals surface area contributed by atoms with Crippen LogP contribution in [-0.2, 0) is 0 Å². The summed E-state index contributed by atoms with van der Waals surface area (Å²) in [5, 5.41) is 9.96. The Hall–Kier alpha value is -1.23. The first-order valence-corrected chi connectivity index (χ1v) is 5.49. The van der Waals surface area contributed by atoms with E-state index in [1.54, 1.807) is 0 Å². The van der Waals surface area contributed by atoms with E-state index in [0.717, 1.165) is 6.07 Å². The molecule has 0 bridgehead atoms. The third kappa shape index (κ3) is 1.99. The Morgan fingerprint density at radius 1 is 1.06 bits per heavy atom. The van der Waals surface area contributed by atoms with Gasteiger partial charge >= 0.3 is 0 Å². The largest absolute Gasteiger partial charge is 0.507 e. The molecule has 17 heavy (non-hydrogen) atoms. The molecule has 0 saturated carbocycles. The minimum Gasteiger partial charge on any atom is -0.507 e. The molecule has 88 valence electrons. The molecule has 1 aromatic heterocycles. The standard InChI is InChI=1S/C10H4Cl3NO3/c11-3-1-4(12)8(13)9-7(3)5(15)2-6(16)10(17)14-9/h1-2,15H,(H,14,16,17). The summed E-state index contributed by atoms with van der Waals surface area (Å²) in [5.74, 6) is -0.438.